The van der Waals surface area contributed by atoms with Gasteiger partial charge >= 0.3 is 6.18 Å². The summed E-state index contributed by atoms with van der Waals surface area (Å²) in [5.74, 6) is -2.33. The molecule has 9 nitrogen and oxygen atoms in total. The maximum atomic E-state index is 13.3. The van der Waals surface area contributed by atoms with Crippen molar-refractivity contribution >= 4 is 22.8 Å². The van der Waals surface area contributed by atoms with Crippen LogP contribution >= 0.6 is 0 Å². The highest BCUT2D eigenvalue weighted by Crippen LogP contribution is 2.36. The highest BCUT2D eigenvalue weighted by Gasteiger charge is 2.42. The number of hydrogen-bond acceptors (Lipinski definition) is 6. The first kappa shape index (κ1) is 23.9. The lowest BCUT2D eigenvalue weighted by atomic mass is 9.95. The Morgan fingerprint density at radius 2 is 1.83 bits per heavy atom. The molecular weight excluding hydrogens is 484 g/mol. The molecule has 2 fully saturated rings. The largest absolute Gasteiger partial charge is 0.433 e. The summed E-state index contributed by atoms with van der Waals surface area (Å²) in [6.07, 6.45) is -2.19. The molecule has 13 heteroatoms. The molecule has 0 bridgehead atoms. The number of pyridine rings is 2. The van der Waals surface area contributed by atoms with Crippen LogP contribution in [0, 0.1) is 0 Å². The molecule has 2 aliphatic heterocycles. The van der Waals surface area contributed by atoms with Gasteiger partial charge in [-0.15, -0.1) is 0 Å². The summed E-state index contributed by atoms with van der Waals surface area (Å²) in [4.78, 5) is 35.7. The van der Waals surface area contributed by atoms with E-state index in [1.165, 1.54) is 32.8 Å². The molecule has 0 saturated carbocycles. The molecule has 0 spiro atoms. The number of carbonyl (C=O) groups excluding carboxylic acids is 2. The number of alkyl halides is 3. The van der Waals surface area contributed by atoms with Crippen molar-refractivity contribution in [3.8, 4) is 11.3 Å². The van der Waals surface area contributed by atoms with Crippen molar-refractivity contribution in [3.05, 3.63) is 54.3 Å². The number of halogens is 4. The van der Waals surface area contributed by atoms with E-state index in [1.807, 2.05) is 0 Å². The van der Waals surface area contributed by atoms with Gasteiger partial charge in [0.25, 0.3) is 11.8 Å². The van der Waals surface area contributed by atoms with Crippen LogP contribution < -0.4 is 0 Å². The van der Waals surface area contributed by atoms with Gasteiger partial charge in [0.15, 0.2) is 5.83 Å². The van der Waals surface area contributed by atoms with E-state index in [2.05, 4.69) is 21.6 Å². The highest BCUT2D eigenvalue weighted by molar-refractivity contribution is 6.07. The van der Waals surface area contributed by atoms with Crippen molar-refractivity contribution in [2.45, 2.75) is 24.7 Å². The monoisotopic (exact) mass is 504 g/mol. The van der Waals surface area contributed by atoms with E-state index in [4.69, 9.17) is 0 Å². The van der Waals surface area contributed by atoms with Gasteiger partial charge in [-0.25, -0.2) is 4.39 Å². The van der Waals surface area contributed by atoms with Crippen LogP contribution in [0.3, 0.4) is 0 Å². The van der Waals surface area contributed by atoms with Gasteiger partial charge in [-0.1, -0.05) is 6.58 Å². The zero-order valence-electron chi connectivity index (χ0n) is 19.0. The van der Waals surface area contributed by atoms with Gasteiger partial charge < -0.3 is 14.9 Å². The van der Waals surface area contributed by atoms with Crippen molar-refractivity contribution in [1.29, 1.82) is 0 Å². The highest BCUT2D eigenvalue weighted by atomic mass is 19.4. The second-order valence-corrected chi connectivity index (χ2v) is 9.21. The van der Waals surface area contributed by atoms with Gasteiger partial charge in [-0.05, 0) is 25.1 Å². The third-order valence-electron chi connectivity index (χ3n) is 6.22. The fourth-order valence-electron chi connectivity index (χ4n) is 4.43. The Morgan fingerprint density at radius 1 is 1.14 bits per heavy atom. The van der Waals surface area contributed by atoms with Gasteiger partial charge in [-0.3, -0.25) is 24.2 Å². The van der Waals surface area contributed by atoms with Crippen LogP contribution in [0.1, 0.15) is 29.0 Å². The molecule has 0 atom stereocenters. The van der Waals surface area contributed by atoms with Gasteiger partial charge in [0.05, 0.1) is 30.3 Å². The number of nitrogens with zero attached hydrogens (tertiary/aromatic N) is 6. The predicted molar refractivity (Wildman–Crippen MR) is 118 cm³/mol. The molecule has 2 amide bonds. The summed E-state index contributed by atoms with van der Waals surface area (Å²) in [5.41, 5.74) is -0.800. The second kappa shape index (κ2) is 8.08. The van der Waals surface area contributed by atoms with E-state index in [9.17, 15) is 32.3 Å². The molecule has 36 heavy (non-hydrogen) atoms. The molecule has 1 N–H and O–H groups in total. The first-order valence-corrected chi connectivity index (χ1v) is 10.9. The Balaban J connectivity index is 1.58. The van der Waals surface area contributed by atoms with E-state index in [-0.39, 0.29) is 54.4 Å². The molecule has 0 aliphatic carbocycles. The quantitative estimate of drug-likeness (QED) is 0.433. The van der Waals surface area contributed by atoms with Gasteiger partial charge in [-0.2, -0.15) is 18.3 Å². The third kappa shape index (κ3) is 3.98. The van der Waals surface area contributed by atoms with Crippen LogP contribution in [0.2, 0.25) is 0 Å². The first-order chi connectivity index (χ1) is 16.9. The number of amides is 2. The molecular formula is C23H20F4N6O3. The molecule has 188 valence electrons. The standard InChI is InChI=1S/C23H20F4N6O3/c1-12(24)20(34)31-8-14(9-31)33-19-15(21(35)32-10-22(2,36)11-32)5-6-28-18(19)17(30-33)13-3-4-16(29-7-13)23(25,26)27/h3-7,14,36H,1,8-11H2,2H3. The Hall–Kier alpha value is -3.87. The molecule has 0 aromatic carbocycles. The van der Waals surface area contributed by atoms with Crippen LogP contribution in [-0.2, 0) is 11.0 Å². The molecule has 2 saturated heterocycles. The number of fused-ring (bicyclic) bond motifs is 1. The van der Waals surface area contributed by atoms with E-state index in [1.54, 1.807) is 6.92 Å². The zero-order valence-corrected chi connectivity index (χ0v) is 19.0. The lowest BCUT2D eigenvalue weighted by molar-refractivity contribution is -0.141. The number of aliphatic hydroxyl groups is 1. The van der Waals surface area contributed by atoms with Crippen LogP contribution in [0.4, 0.5) is 17.6 Å². The van der Waals surface area contributed by atoms with Crippen molar-refractivity contribution in [3.63, 3.8) is 0 Å². The molecule has 5 heterocycles. The molecule has 3 aromatic rings. The molecule has 5 rings (SSSR count). The minimum Gasteiger partial charge on any atom is -0.386 e. The smallest absolute Gasteiger partial charge is 0.386 e. The van der Waals surface area contributed by atoms with Crippen LogP contribution in [-0.4, -0.2) is 78.2 Å². The van der Waals surface area contributed by atoms with Crippen LogP contribution in [0.25, 0.3) is 22.3 Å². The zero-order chi connectivity index (χ0) is 26.0. The lowest BCUT2D eigenvalue weighted by Gasteiger charge is -2.44. The van der Waals surface area contributed by atoms with Crippen molar-refractivity contribution in [1.82, 2.24) is 29.5 Å². The number of carbonyl (C=O) groups is 2. The Labute approximate surface area is 201 Å². The van der Waals surface area contributed by atoms with E-state index in [0.29, 0.717) is 5.52 Å². The van der Waals surface area contributed by atoms with Crippen molar-refractivity contribution in [2.75, 3.05) is 26.2 Å². The van der Waals surface area contributed by atoms with E-state index < -0.39 is 35.2 Å². The number of β-amino-alcohol motifs (C(OH)–C–C–N with tert-alkyl or cyclic N) is 1. The topological polar surface area (TPSA) is 104 Å². The number of aromatic nitrogens is 4. The molecule has 0 radical (unpaired) electrons. The van der Waals surface area contributed by atoms with Gasteiger partial charge in [0.2, 0.25) is 0 Å². The lowest BCUT2D eigenvalue weighted by Crippen LogP contribution is -2.61. The SMILES string of the molecule is C=C(F)C(=O)N1CC(n2nc(-c3ccc(C(F)(F)F)nc3)c3nccc(C(=O)N4CC(C)(O)C4)c32)C1. The maximum absolute atomic E-state index is 13.3. The normalized spacial score (nSPS) is 17.6. The molecule has 2 aliphatic rings. The minimum atomic E-state index is -4.61. The summed E-state index contributed by atoms with van der Waals surface area (Å²) < 4.78 is 53.7. The Morgan fingerprint density at radius 3 is 2.39 bits per heavy atom. The first-order valence-electron chi connectivity index (χ1n) is 10.9. The summed E-state index contributed by atoms with van der Waals surface area (Å²) >= 11 is 0. The number of rotatable bonds is 4. The average Bonchev–Trinajstić information content (AvgIpc) is 3.14. The summed E-state index contributed by atoms with van der Waals surface area (Å²) in [6.45, 7) is 5.05. The Kier molecular flexibility index (Phi) is 5.36. The fourth-order valence-corrected chi connectivity index (χ4v) is 4.43. The number of likely N-dealkylation sites (tertiary alicyclic amines) is 2. The van der Waals surface area contributed by atoms with Crippen molar-refractivity contribution in [2.24, 2.45) is 0 Å². The summed E-state index contributed by atoms with van der Waals surface area (Å²) in [5, 5.41) is 14.6. The van der Waals surface area contributed by atoms with Crippen molar-refractivity contribution < 1.29 is 32.3 Å². The van der Waals surface area contributed by atoms with Gasteiger partial charge in [0.1, 0.15) is 22.4 Å². The van der Waals surface area contributed by atoms with Gasteiger partial charge in [0, 0.05) is 31.0 Å². The van der Waals surface area contributed by atoms with Crippen LogP contribution in [0.15, 0.2) is 43.0 Å². The van der Waals surface area contributed by atoms with Crippen LogP contribution in [0.5, 0.6) is 0 Å². The fraction of sp³-hybridized carbons (Fsp3) is 0.348. The maximum Gasteiger partial charge on any atom is 0.433 e. The number of hydrogen-bond donors (Lipinski definition) is 1. The third-order valence-corrected chi connectivity index (χ3v) is 6.22. The van der Waals surface area contributed by atoms with E-state index >= 15 is 0 Å². The van der Waals surface area contributed by atoms with E-state index in [0.717, 1.165) is 12.3 Å². The molecule has 3 aromatic heterocycles. The second-order valence-electron chi connectivity index (χ2n) is 9.21. The minimum absolute atomic E-state index is 0.0875. The Bertz CT molecular complexity index is 1390. The predicted octanol–water partition coefficient (Wildman–Crippen LogP) is 2.59. The summed E-state index contributed by atoms with van der Waals surface area (Å²) in [6, 6.07) is 3.10. The average molecular weight is 504 g/mol. The summed E-state index contributed by atoms with van der Waals surface area (Å²) in [7, 11) is 0. The molecule has 0 unspecified atom stereocenters.